The number of hydrogen-bond donors (Lipinski definition) is 4. The van der Waals surface area contributed by atoms with E-state index in [1.807, 2.05) is 0 Å². The largest absolute Gasteiger partial charge is 0.481 e. The van der Waals surface area contributed by atoms with E-state index >= 15 is 0 Å². The summed E-state index contributed by atoms with van der Waals surface area (Å²) in [5, 5.41) is 23.9. The summed E-state index contributed by atoms with van der Waals surface area (Å²) in [4.78, 5) is 81.8. The number of ketones is 3. The second kappa shape index (κ2) is 42.9. The molecule has 0 rings (SSSR count). The highest BCUT2D eigenvalue weighted by molar-refractivity contribution is 9.09. The number of aliphatic carboxylic acids is 2. The molecular formula is C44H77BrN2O13. The van der Waals surface area contributed by atoms with Gasteiger partial charge in [0, 0.05) is 58.2 Å². The minimum Gasteiger partial charge on any atom is -0.481 e. The van der Waals surface area contributed by atoms with Crippen LogP contribution in [0.2, 0.25) is 0 Å². The quantitative estimate of drug-likeness (QED) is 0.0360. The molecule has 0 aromatic rings. The van der Waals surface area contributed by atoms with Gasteiger partial charge < -0.3 is 39.8 Å². The van der Waals surface area contributed by atoms with Crippen molar-refractivity contribution in [1.82, 2.24) is 10.6 Å². The summed E-state index contributed by atoms with van der Waals surface area (Å²) in [5.74, 6) is -3.24. The van der Waals surface area contributed by atoms with E-state index in [2.05, 4.69) is 26.6 Å². The number of carbonyl (C=O) groups excluding carboxylic acids is 5. The Morgan fingerprint density at radius 2 is 0.900 bits per heavy atom. The SMILES string of the molecule is O=C(O)CCCCCCCCCCCCCCCCCCC(=O)C[C@@H](CCC(=O)NCCOCCOCC(=O)CCCOCCOCC(=O)NCCCC(=O)CBr)C(=O)O. The molecule has 0 aromatic heterocycles. The van der Waals surface area contributed by atoms with Crippen molar-refractivity contribution in [2.75, 3.05) is 71.3 Å². The third kappa shape index (κ3) is 41.9. The number of carboxylic acids is 2. The van der Waals surface area contributed by atoms with Gasteiger partial charge in [0.25, 0.3) is 0 Å². The van der Waals surface area contributed by atoms with Gasteiger partial charge in [-0.1, -0.05) is 106 Å². The van der Waals surface area contributed by atoms with Crippen molar-refractivity contribution >= 4 is 57.0 Å². The smallest absolute Gasteiger partial charge is 0.306 e. The Labute approximate surface area is 367 Å². The highest BCUT2D eigenvalue weighted by Crippen LogP contribution is 2.17. The highest BCUT2D eigenvalue weighted by Gasteiger charge is 2.22. The lowest BCUT2D eigenvalue weighted by atomic mass is 9.94. The Bertz CT molecular complexity index is 1160. The molecule has 0 radical (unpaired) electrons. The van der Waals surface area contributed by atoms with Crippen molar-refractivity contribution in [2.45, 2.75) is 161 Å². The lowest BCUT2D eigenvalue weighted by Gasteiger charge is -2.12. The maximum atomic E-state index is 12.4. The third-order valence-corrected chi connectivity index (χ3v) is 10.4. The summed E-state index contributed by atoms with van der Waals surface area (Å²) in [6.45, 7) is 2.15. The van der Waals surface area contributed by atoms with Crippen LogP contribution in [0.5, 0.6) is 0 Å². The second-order valence-corrected chi connectivity index (χ2v) is 15.9. The van der Waals surface area contributed by atoms with Gasteiger partial charge in [-0.25, -0.2) is 0 Å². The molecule has 4 N–H and O–H groups in total. The molecule has 0 aliphatic heterocycles. The number of carboxylic acid groups (broad SMARTS) is 2. The maximum Gasteiger partial charge on any atom is 0.306 e. The maximum absolute atomic E-state index is 12.4. The Morgan fingerprint density at radius 1 is 0.433 bits per heavy atom. The molecule has 0 spiro atoms. The van der Waals surface area contributed by atoms with Gasteiger partial charge >= 0.3 is 11.9 Å². The van der Waals surface area contributed by atoms with Gasteiger partial charge in [-0.05, 0) is 32.1 Å². The molecule has 0 saturated heterocycles. The molecule has 2 amide bonds. The topological polar surface area (TPSA) is 221 Å². The van der Waals surface area contributed by atoms with Gasteiger partial charge in [0.1, 0.15) is 24.8 Å². The van der Waals surface area contributed by atoms with Crippen molar-refractivity contribution in [1.29, 1.82) is 0 Å². The van der Waals surface area contributed by atoms with E-state index in [4.69, 9.17) is 24.1 Å². The summed E-state index contributed by atoms with van der Waals surface area (Å²) in [7, 11) is 0. The van der Waals surface area contributed by atoms with E-state index in [1.54, 1.807) is 0 Å². The zero-order chi connectivity index (χ0) is 44.3. The molecule has 16 heteroatoms. The molecule has 0 saturated carbocycles. The van der Waals surface area contributed by atoms with Crippen LogP contribution in [-0.2, 0) is 52.5 Å². The average molecular weight is 922 g/mol. The van der Waals surface area contributed by atoms with Crippen molar-refractivity contribution in [2.24, 2.45) is 5.92 Å². The lowest BCUT2D eigenvalue weighted by molar-refractivity contribution is -0.144. The first-order valence-electron chi connectivity index (χ1n) is 22.4. The van der Waals surface area contributed by atoms with Crippen LogP contribution in [0.15, 0.2) is 0 Å². The van der Waals surface area contributed by atoms with E-state index in [0.717, 1.165) is 44.9 Å². The number of amides is 2. The first-order valence-corrected chi connectivity index (χ1v) is 23.6. The number of Topliss-reactive ketones (excluding diaryl/α,β-unsaturated/α-hetero) is 3. The summed E-state index contributed by atoms with van der Waals surface area (Å²) in [6.07, 6.45) is 20.6. The van der Waals surface area contributed by atoms with E-state index < -0.39 is 17.9 Å². The van der Waals surface area contributed by atoms with Gasteiger partial charge in [-0.3, -0.25) is 33.6 Å². The molecule has 60 heavy (non-hydrogen) atoms. The third-order valence-electron chi connectivity index (χ3n) is 9.80. The molecule has 348 valence electrons. The first-order chi connectivity index (χ1) is 29.0. The molecule has 15 nitrogen and oxygen atoms in total. The minimum atomic E-state index is -1.06. The number of halogens is 1. The Morgan fingerprint density at radius 3 is 1.45 bits per heavy atom. The number of rotatable bonds is 47. The zero-order valence-corrected chi connectivity index (χ0v) is 37.9. The van der Waals surface area contributed by atoms with Crippen molar-refractivity contribution < 1.29 is 62.7 Å². The van der Waals surface area contributed by atoms with Crippen LogP contribution >= 0.6 is 15.9 Å². The number of unbranched alkanes of at least 4 members (excludes halogenated alkanes) is 15. The van der Waals surface area contributed by atoms with Crippen LogP contribution in [0.4, 0.5) is 0 Å². The predicted molar refractivity (Wildman–Crippen MR) is 232 cm³/mol. The van der Waals surface area contributed by atoms with Crippen molar-refractivity contribution in [3.63, 3.8) is 0 Å². The summed E-state index contributed by atoms with van der Waals surface area (Å²) in [6, 6.07) is 0. The first kappa shape index (κ1) is 57.2. The monoisotopic (exact) mass is 920 g/mol. The predicted octanol–water partition coefficient (Wildman–Crippen LogP) is 6.93. The molecular weight excluding hydrogens is 844 g/mol. The molecule has 0 aliphatic rings. The van der Waals surface area contributed by atoms with Crippen LogP contribution in [0.1, 0.15) is 161 Å². The van der Waals surface area contributed by atoms with Crippen molar-refractivity contribution in [3.05, 3.63) is 0 Å². The normalized spacial score (nSPS) is 11.6. The molecule has 0 unspecified atom stereocenters. The molecule has 0 aromatic carbocycles. The van der Waals surface area contributed by atoms with Gasteiger partial charge in [-0.15, -0.1) is 0 Å². The zero-order valence-electron chi connectivity index (χ0n) is 36.3. The molecule has 0 fully saturated rings. The van der Waals surface area contributed by atoms with Crippen LogP contribution in [0.25, 0.3) is 0 Å². The highest BCUT2D eigenvalue weighted by atomic mass is 79.9. The van der Waals surface area contributed by atoms with E-state index in [-0.39, 0.29) is 101 Å². The summed E-state index contributed by atoms with van der Waals surface area (Å²) >= 11 is 3.10. The fourth-order valence-corrected chi connectivity index (χ4v) is 6.57. The van der Waals surface area contributed by atoms with E-state index in [0.29, 0.717) is 57.2 Å². The standard InChI is InChI=1S/C44H77BrN2O13/c45-34-39(49)20-17-25-46-42(52)36-60-32-29-57-27-18-21-40(50)35-59-31-30-58-28-26-47-41(51)24-23-37(44(55)56)33-38(48)19-15-13-11-9-7-5-3-1-2-4-6-8-10-12-14-16-22-43(53)54/h37H,1-36H2,(H,46,52)(H,47,51)(H,53,54)(H,55,56)/t37-/m1/s1. The fraction of sp³-hybridized carbons (Fsp3) is 0.841. The number of hydrogen-bond acceptors (Lipinski definition) is 11. The van der Waals surface area contributed by atoms with Crippen molar-refractivity contribution in [3.8, 4) is 0 Å². The van der Waals surface area contributed by atoms with Gasteiger partial charge in [-0.2, -0.15) is 0 Å². The van der Waals surface area contributed by atoms with Crippen LogP contribution in [0.3, 0.4) is 0 Å². The van der Waals surface area contributed by atoms with Gasteiger partial charge in [0.15, 0.2) is 5.78 Å². The molecule has 0 heterocycles. The Balaban J connectivity index is 3.64. The van der Waals surface area contributed by atoms with Crippen LogP contribution in [0, 0.1) is 5.92 Å². The second-order valence-electron chi connectivity index (χ2n) is 15.3. The minimum absolute atomic E-state index is 0.00833. The molecule has 0 aliphatic carbocycles. The van der Waals surface area contributed by atoms with E-state index in [9.17, 15) is 38.7 Å². The number of carbonyl (C=O) groups is 7. The van der Waals surface area contributed by atoms with Crippen LogP contribution in [-0.4, -0.2) is 123 Å². The van der Waals surface area contributed by atoms with Gasteiger partial charge in [0.05, 0.1) is 44.3 Å². The Hall–Kier alpha value is -2.79. The summed E-state index contributed by atoms with van der Waals surface area (Å²) in [5.41, 5.74) is 0. The fourth-order valence-electron chi connectivity index (χ4n) is 6.28. The lowest BCUT2D eigenvalue weighted by Crippen LogP contribution is -2.29. The average Bonchev–Trinajstić information content (AvgIpc) is 3.22. The van der Waals surface area contributed by atoms with Gasteiger partial charge in [0.2, 0.25) is 11.8 Å². The number of nitrogens with one attached hydrogen (secondary N) is 2. The Kier molecular flexibility index (Phi) is 40.9. The van der Waals surface area contributed by atoms with E-state index in [1.165, 1.54) is 57.8 Å². The summed E-state index contributed by atoms with van der Waals surface area (Å²) < 4.78 is 21.4. The molecule has 1 atom stereocenters. The number of ether oxygens (including phenoxy) is 4. The molecule has 0 bridgehead atoms. The number of alkyl halides is 1. The van der Waals surface area contributed by atoms with Crippen LogP contribution < -0.4 is 10.6 Å².